The van der Waals surface area contributed by atoms with Crippen molar-refractivity contribution in [2.75, 3.05) is 39.4 Å². The Labute approximate surface area is 188 Å². The maximum Gasteiger partial charge on any atom is 0.248 e. The maximum absolute atomic E-state index is 5.44. The van der Waals surface area contributed by atoms with Gasteiger partial charge in [0.15, 0.2) is 0 Å². The number of morpholine rings is 1. The smallest absolute Gasteiger partial charge is 0.248 e. The van der Waals surface area contributed by atoms with E-state index in [2.05, 4.69) is 34.5 Å². The van der Waals surface area contributed by atoms with Gasteiger partial charge in [-0.05, 0) is 37.9 Å². The number of nitrogens with zero attached hydrogens (tertiary/aromatic N) is 5. The predicted molar refractivity (Wildman–Crippen MR) is 124 cm³/mol. The molecular weight excluding hydrogens is 408 g/mol. The quantitative estimate of drug-likeness (QED) is 0.502. The first-order valence-corrected chi connectivity index (χ1v) is 12.6. The summed E-state index contributed by atoms with van der Waals surface area (Å²) in [5.74, 6) is 2.16. The molecule has 1 aromatic heterocycles. The highest BCUT2D eigenvalue weighted by Crippen LogP contribution is 2.32. The number of aromatic nitrogens is 3. The summed E-state index contributed by atoms with van der Waals surface area (Å²) in [6.45, 7) is 6.99. The summed E-state index contributed by atoms with van der Waals surface area (Å²) < 4.78 is 7.46. The Hall–Kier alpha value is -1.74. The highest BCUT2D eigenvalue weighted by Gasteiger charge is 2.33. The van der Waals surface area contributed by atoms with Crippen molar-refractivity contribution in [2.24, 2.45) is 10.9 Å². The van der Waals surface area contributed by atoms with Gasteiger partial charge in [0.1, 0.15) is 0 Å². The van der Waals surface area contributed by atoms with E-state index in [9.17, 15) is 0 Å². The van der Waals surface area contributed by atoms with Gasteiger partial charge in [-0.15, -0.1) is 5.10 Å². The van der Waals surface area contributed by atoms with Crippen LogP contribution in [-0.4, -0.2) is 70.8 Å². The molecule has 8 heteroatoms. The van der Waals surface area contributed by atoms with Crippen molar-refractivity contribution in [3.05, 3.63) is 35.9 Å². The maximum atomic E-state index is 5.44. The van der Waals surface area contributed by atoms with E-state index in [1.807, 2.05) is 10.7 Å². The molecule has 0 spiro atoms. The van der Waals surface area contributed by atoms with Crippen LogP contribution >= 0.6 is 11.8 Å². The minimum absolute atomic E-state index is 0.384. The van der Waals surface area contributed by atoms with Gasteiger partial charge in [-0.1, -0.05) is 48.5 Å². The number of nitrogens with one attached hydrogen (secondary N) is 1. The normalized spacial score (nSPS) is 23.8. The molecule has 1 saturated heterocycles. The van der Waals surface area contributed by atoms with Gasteiger partial charge in [0, 0.05) is 36.5 Å². The number of hydrogen-bond acceptors (Lipinski definition) is 7. The molecule has 0 amide bonds. The van der Waals surface area contributed by atoms with Gasteiger partial charge in [0.05, 0.1) is 19.8 Å². The van der Waals surface area contributed by atoms with Gasteiger partial charge in [0.2, 0.25) is 11.1 Å². The largest absolute Gasteiger partial charge is 0.379 e. The number of fused-ring (bicyclic) bond motifs is 2. The predicted octanol–water partition coefficient (Wildman–Crippen LogP) is 3.14. The van der Waals surface area contributed by atoms with Gasteiger partial charge >= 0.3 is 0 Å². The summed E-state index contributed by atoms with van der Waals surface area (Å²) in [6, 6.07) is 10.9. The molecule has 2 aliphatic heterocycles. The molecule has 1 N–H and O–H groups in total. The SMILES string of the molecule is c1ccc(CSc2nc3n(n2)CC2CCCC(NCCCN4CCOCC4)C2=N3)cc1. The fourth-order valence-electron chi connectivity index (χ4n) is 4.74. The molecule has 3 heterocycles. The molecule has 5 rings (SSSR count). The molecule has 0 bridgehead atoms. The average Bonchev–Trinajstić information content (AvgIpc) is 3.22. The zero-order valence-corrected chi connectivity index (χ0v) is 18.9. The average molecular weight is 441 g/mol. The standard InChI is InChI=1S/C23H32N6OS/c1-2-6-18(7-3-1)17-31-23-26-22-25-21-19(16-29(22)27-23)8-4-9-20(21)24-10-5-11-28-12-14-30-15-13-28/h1-3,6-7,19-20,24H,4-5,8-17H2. The topological polar surface area (TPSA) is 67.6 Å². The van der Waals surface area contributed by atoms with Gasteiger partial charge in [-0.3, -0.25) is 4.90 Å². The Morgan fingerprint density at radius 3 is 2.87 bits per heavy atom. The van der Waals surface area contributed by atoms with Crippen LogP contribution in [0.15, 0.2) is 40.5 Å². The Balaban J connectivity index is 1.17. The summed E-state index contributed by atoms with van der Waals surface area (Å²) >= 11 is 1.69. The molecule has 31 heavy (non-hydrogen) atoms. The number of aliphatic imine (C=N–C) groups is 1. The third kappa shape index (κ3) is 5.37. The second-order valence-corrected chi connectivity index (χ2v) is 9.57. The minimum atomic E-state index is 0.384. The molecule has 2 unspecified atom stereocenters. The molecule has 1 aromatic carbocycles. The summed E-state index contributed by atoms with van der Waals surface area (Å²) in [4.78, 5) is 12.2. The van der Waals surface area contributed by atoms with Crippen molar-refractivity contribution in [1.82, 2.24) is 25.0 Å². The monoisotopic (exact) mass is 440 g/mol. The Bertz CT molecular complexity index is 879. The summed E-state index contributed by atoms with van der Waals surface area (Å²) in [7, 11) is 0. The van der Waals surface area contributed by atoms with E-state index in [4.69, 9.17) is 19.8 Å². The third-order valence-corrected chi connectivity index (χ3v) is 7.34. The molecule has 1 saturated carbocycles. The van der Waals surface area contributed by atoms with E-state index >= 15 is 0 Å². The van der Waals surface area contributed by atoms with E-state index in [0.29, 0.717) is 12.0 Å². The molecule has 3 aliphatic rings. The van der Waals surface area contributed by atoms with E-state index < -0.39 is 0 Å². The fourth-order valence-corrected chi connectivity index (χ4v) is 5.53. The molecule has 166 valence electrons. The molecule has 0 radical (unpaired) electrons. The van der Waals surface area contributed by atoms with Crippen molar-refractivity contribution in [2.45, 2.75) is 49.2 Å². The van der Waals surface area contributed by atoms with Crippen LogP contribution in [0.2, 0.25) is 0 Å². The van der Waals surface area contributed by atoms with Crippen LogP contribution < -0.4 is 5.32 Å². The second-order valence-electron chi connectivity index (χ2n) is 8.63. The van der Waals surface area contributed by atoms with Crippen LogP contribution in [0.3, 0.4) is 0 Å². The van der Waals surface area contributed by atoms with Crippen LogP contribution in [0.25, 0.3) is 0 Å². The van der Waals surface area contributed by atoms with Gasteiger partial charge in [-0.2, -0.15) is 4.98 Å². The van der Waals surface area contributed by atoms with Crippen LogP contribution in [0.4, 0.5) is 5.95 Å². The first-order valence-electron chi connectivity index (χ1n) is 11.6. The van der Waals surface area contributed by atoms with Crippen LogP contribution in [0.1, 0.15) is 31.2 Å². The van der Waals surface area contributed by atoms with Crippen LogP contribution in [-0.2, 0) is 17.0 Å². The van der Waals surface area contributed by atoms with E-state index in [0.717, 1.165) is 62.8 Å². The molecule has 2 atom stereocenters. The van der Waals surface area contributed by atoms with Gasteiger partial charge in [0.25, 0.3) is 0 Å². The lowest BCUT2D eigenvalue weighted by atomic mass is 9.83. The van der Waals surface area contributed by atoms with E-state index in [-0.39, 0.29) is 0 Å². The van der Waals surface area contributed by atoms with Crippen molar-refractivity contribution in [1.29, 1.82) is 0 Å². The number of ether oxygens (including phenoxy) is 1. The number of thioether (sulfide) groups is 1. The third-order valence-electron chi connectivity index (χ3n) is 6.43. The van der Waals surface area contributed by atoms with E-state index in [1.54, 1.807) is 11.8 Å². The minimum Gasteiger partial charge on any atom is -0.379 e. The summed E-state index contributed by atoms with van der Waals surface area (Å²) in [5, 5.41) is 9.36. The van der Waals surface area contributed by atoms with Gasteiger partial charge < -0.3 is 10.1 Å². The lowest BCUT2D eigenvalue weighted by molar-refractivity contribution is 0.0374. The molecule has 7 nitrogen and oxygen atoms in total. The number of rotatable bonds is 8. The number of benzene rings is 1. The first-order chi connectivity index (χ1) is 15.3. The zero-order chi connectivity index (χ0) is 20.9. The summed E-state index contributed by atoms with van der Waals surface area (Å²) in [6.07, 6.45) is 4.81. The Kier molecular flexibility index (Phi) is 6.99. The first kappa shape index (κ1) is 21.1. The molecule has 2 aromatic rings. The van der Waals surface area contributed by atoms with Crippen LogP contribution in [0.5, 0.6) is 0 Å². The van der Waals surface area contributed by atoms with Crippen LogP contribution in [0, 0.1) is 5.92 Å². The van der Waals surface area contributed by atoms with Crippen molar-refractivity contribution in [3.8, 4) is 0 Å². The zero-order valence-electron chi connectivity index (χ0n) is 18.1. The Morgan fingerprint density at radius 2 is 2.00 bits per heavy atom. The molecule has 1 aliphatic carbocycles. The Morgan fingerprint density at radius 1 is 1.13 bits per heavy atom. The summed E-state index contributed by atoms with van der Waals surface area (Å²) in [5.41, 5.74) is 2.60. The highest BCUT2D eigenvalue weighted by molar-refractivity contribution is 7.98. The molecular formula is C23H32N6OS. The van der Waals surface area contributed by atoms with E-state index in [1.165, 1.54) is 37.0 Å². The fraction of sp³-hybridized carbons (Fsp3) is 0.609. The van der Waals surface area contributed by atoms with Crippen molar-refractivity contribution < 1.29 is 4.74 Å². The second kappa shape index (κ2) is 10.3. The highest BCUT2D eigenvalue weighted by atomic mass is 32.2. The van der Waals surface area contributed by atoms with Gasteiger partial charge in [-0.25, -0.2) is 9.67 Å². The number of hydrogen-bond donors (Lipinski definition) is 1. The van der Waals surface area contributed by atoms with Crippen molar-refractivity contribution in [3.63, 3.8) is 0 Å². The van der Waals surface area contributed by atoms with Crippen molar-refractivity contribution >= 4 is 23.4 Å². The lowest BCUT2D eigenvalue weighted by Crippen LogP contribution is -2.46. The molecule has 2 fully saturated rings. The lowest BCUT2D eigenvalue weighted by Gasteiger charge is -2.34.